The summed E-state index contributed by atoms with van der Waals surface area (Å²) in [5, 5.41) is 147. The molecule has 0 aromatic heterocycles. The van der Waals surface area contributed by atoms with Gasteiger partial charge in [-0.1, -0.05) is 51.0 Å². The van der Waals surface area contributed by atoms with Crippen LogP contribution in [0.25, 0.3) is 0 Å². The van der Waals surface area contributed by atoms with Crippen LogP contribution in [0.3, 0.4) is 0 Å². The Morgan fingerprint density at radius 2 is 1.15 bits per heavy atom. The number of aliphatic hydroxyl groups is 14. The van der Waals surface area contributed by atoms with Crippen molar-refractivity contribution in [1.29, 1.82) is 0 Å². The molecule has 0 aromatic carbocycles. The first-order valence-corrected chi connectivity index (χ1v) is 27.2. The average Bonchev–Trinajstić information content (AvgIpc) is 3.76. The first kappa shape index (κ1) is 59.7. The third-order valence-electron chi connectivity index (χ3n) is 19.8. The lowest BCUT2D eigenvalue weighted by Crippen LogP contribution is -2.65. The number of allylic oxidation sites excluding steroid dienone is 4. The van der Waals surface area contributed by atoms with E-state index in [4.69, 9.17) is 37.9 Å². The van der Waals surface area contributed by atoms with E-state index in [1.165, 1.54) is 11.1 Å². The van der Waals surface area contributed by atoms with Gasteiger partial charge >= 0.3 is 0 Å². The number of rotatable bonds is 17. The summed E-state index contributed by atoms with van der Waals surface area (Å²) >= 11 is 0. The maximum atomic E-state index is 11.3. The first-order valence-electron chi connectivity index (χ1n) is 27.2. The topological polar surface area (TPSA) is 357 Å². The van der Waals surface area contributed by atoms with Crippen molar-refractivity contribution < 1.29 is 109 Å². The zero-order valence-corrected chi connectivity index (χ0v) is 44.1. The molecule has 14 N–H and O–H groups in total. The molecule has 22 heteroatoms. The lowest BCUT2D eigenvalue weighted by molar-refractivity contribution is -0.373. The van der Waals surface area contributed by atoms with Crippen LogP contribution in [0.15, 0.2) is 23.3 Å². The van der Waals surface area contributed by atoms with Gasteiger partial charge in [0.1, 0.15) is 97.7 Å². The molecule has 4 heterocycles. The molecule has 432 valence electrons. The SMILES string of the molecule is CC(C)=CCC[C@](C)(COC1O[C@H](COC2O[C@H](CO)[C@@H](O)[C@H](O)[C@H]2O)[C@@H](O)[C@H](O)[C@H]1O)C1CC[C@@]2(C)C1=CCC1[C@@]3(C)CCC(OC4O[C@H](CO)[C@@H](O)[C@H](O)[C@H]4OC4O[C@H](CO)[C@@H](O)[C@H](O)[C@H]4O)CC3CC[C@]12C. The van der Waals surface area contributed by atoms with Crippen LogP contribution in [-0.2, 0) is 37.9 Å². The van der Waals surface area contributed by atoms with Gasteiger partial charge in [-0.15, -0.1) is 0 Å². The number of hydrogen-bond donors (Lipinski definition) is 14. The number of aliphatic hydroxyl groups excluding tert-OH is 14. The molecule has 3 saturated carbocycles. The van der Waals surface area contributed by atoms with Crippen LogP contribution in [0.4, 0.5) is 0 Å². The van der Waals surface area contributed by atoms with E-state index in [1.807, 2.05) is 0 Å². The second kappa shape index (κ2) is 23.6. The third-order valence-corrected chi connectivity index (χ3v) is 19.8. The Bertz CT molecular complexity index is 1960. The molecule has 0 aromatic rings. The predicted molar refractivity (Wildman–Crippen MR) is 260 cm³/mol. The van der Waals surface area contributed by atoms with Gasteiger partial charge in [0.15, 0.2) is 25.2 Å². The Morgan fingerprint density at radius 1 is 0.613 bits per heavy atom. The van der Waals surface area contributed by atoms with Crippen LogP contribution >= 0.6 is 0 Å². The van der Waals surface area contributed by atoms with Gasteiger partial charge in [0.2, 0.25) is 0 Å². The molecule has 4 aliphatic carbocycles. The second-order valence-corrected chi connectivity index (χ2v) is 24.4. The predicted octanol–water partition coefficient (Wildman–Crippen LogP) is -1.64. The minimum Gasteiger partial charge on any atom is -0.394 e. The van der Waals surface area contributed by atoms with Crippen LogP contribution in [0.5, 0.6) is 0 Å². The average molecular weight is 1080 g/mol. The van der Waals surface area contributed by atoms with Crippen molar-refractivity contribution in [3.8, 4) is 0 Å². The van der Waals surface area contributed by atoms with Gasteiger partial charge in [-0.05, 0) is 117 Å². The van der Waals surface area contributed by atoms with Gasteiger partial charge in [-0.2, -0.15) is 0 Å². The molecule has 75 heavy (non-hydrogen) atoms. The zero-order chi connectivity index (χ0) is 54.7. The summed E-state index contributed by atoms with van der Waals surface area (Å²) < 4.78 is 47.9. The summed E-state index contributed by atoms with van der Waals surface area (Å²) in [6.07, 6.45) is -18.2. The molecule has 7 fully saturated rings. The highest BCUT2D eigenvalue weighted by Crippen LogP contribution is 2.73. The molecule has 0 amide bonds. The maximum Gasteiger partial charge on any atom is 0.187 e. The molecule has 0 bridgehead atoms. The normalized spacial score (nSPS) is 51.0. The summed E-state index contributed by atoms with van der Waals surface area (Å²) in [4.78, 5) is 0. The lowest BCUT2D eigenvalue weighted by Gasteiger charge is -2.65. The smallest absolute Gasteiger partial charge is 0.187 e. The molecular weight excluding hydrogens is 989 g/mol. The molecule has 4 saturated heterocycles. The van der Waals surface area contributed by atoms with E-state index in [-0.39, 0.29) is 40.8 Å². The van der Waals surface area contributed by atoms with Crippen molar-refractivity contribution in [3.05, 3.63) is 23.3 Å². The standard InChI is InChI=1S/C53H88O22/c1-24(2)8-7-14-50(3,23-69-47-43(66)40(63)37(60)32(74-47)22-68-46-42(65)38(61)34(57)29(19-54)71-46)27-13-17-52(5)28(27)9-10-33-51(4)15-12-26(18-25(51)11-16-53(33,52)6)70-49-45(41(64)36(59)31(21-56)73-49)75-48-44(67)39(62)35(58)30(20-55)72-48/h8-9,25-27,29-49,54-67H,7,10-23H2,1-6H3/t25?,26?,27?,29-,30-,31-,32-,33?,34-,35-,36-,37-,38+,39+,40+,41+,42-,43-,44-,45-,46?,47?,48?,49?,50-,51+,52+,53-/m1/s1. The molecule has 0 radical (unpaired) electrons. The van der Waals surface area contributed by atoms with Gasteiger partial charge < -0.3 is 109 Å². The van der Waals surface area contributed by atoms with Gasteiger partial charge in [0.25, 0.3) is 0 Å². The van der Waals surface area contributed by atoms with Crippen molar-refractivity contribution in [2.24, 2.45) is 39.4 Å². The minimum absolute atomic E-state index is 0.0856. The minimum atomic E-state index is -1.78. The Labute approximate surface area is 438 Å². The molecule has 28 atom stereocenters. The van der Waals surface area contributed by atoms with Crippen molar-refractivity contribution in [1.82, 2.24) is 0 Å². The quantitative estimate of drug-likeness (QED) is 0.0574. The van der Waals surface area contributed by atoms with Crippen molar-refractivity contribution >= 4 is 0 Å². The Morgan fingerprint density at radius 3 is 1.75 bits per heavy atom. The van der Waals surface area contributed by atoms with Crippen LogP contribution in [0.1, 0.15) is 106 Å². The Balaban J connectivity index is 0.959. The van der Waals surface area contributed by atoms with Crippen LogP contribution in [0.2, 0.25) is 0 Å². The molecule has 8 aliphatic rings. The molecular formula is C53H88O22. The van der Waals surface area contributed by atoms with E-state index in [2.05, 4.69) is 53.7 Å². The summed E-state index contributed by atoms with van der Waals surface area (Å²) in [6, 6.07) is 0. The van der Waals surface area contributed by atoms with Crippen LogP contribution < -0.4 is 0 Å². The van der Waals surface area contributed by atoms with Crippen LogP contribution in [-0.4, -0.2) is 233 Å². The first-order chi connectivity index (χ1) is 35.4. The second-order valence-electron chi connectivity index (χ2n) is 24.4. The molecule has 22 nitrogen and oxygen atoms in total. The Kier molecular flexibility index (Phi) is 18.8. The van der Waals surface area contributed by atoms with Gasteiger partial charge in [0.05, 0.1) is 39.1 Å². The van der Waals surface area contributed by atoms with Crippen LogP contribution in [0, 0.1) is 39.4 Å². The molecule has 8 rings (SSSR count). The summed E-state index contributed by atoms with van der Waals surface area (Å²) in [5.41, 5.74) is 1.75. The fourth-order valence-corrected chi connectivity index (χ4v) is 14.8. The number of hydrogen-bond acceptors (Lipinski definition) is 22. The fraction of sp³-hybridized carbons (Fsp3) is 0.925. The largest absolute Gasteiger partial charge is 0.394 e. The van der Waals surface area contributed by atoms with E-state index in [0.717, 1.165) is 51.4 Å². The highest BCUT2D eigenvalue weighted by atomic mass is 16.8. The number of ether oxygens (including phenoxy) is 8. The Hall–Kier alpha value is -1.40. The zero-order valence-electron chi connectivity index (χ0n) is 44.1. The summed E-state index contributed by atoms with van der Waals surface area (Å²) in [7, 11) is 0. The van der Waals surface area contributed by atoms with Crippen molar-refractivity contribution in [3.63, 3.8) is 0 Å². The van der Waals surface area contributed by atoms with Gasteiger partial charge in [-0.3, -0.25) is 0 Å². The van der Waals surface area contributed by atoms with E-state index >= 15 is 0 Å². The van der Waals surface area contributed by atoms with Crippen molar-refractivity contribution in [2.75, 3.05) is 33.0 Å². The van der Waals surface area contributed by atoms with Gasteiger partial charge in [-0.25, -0.2) is 0 Å². The fourth-order valence-electron chi connectivity index (χ4n) is 14.8. The summed E-state index contributed by atoms with van der Waals surface area (Å²) in [6.45, 7) is 11.3. The molecule has 8 unspecified atom stereocenters. The third kappa shape index (κ3) is 11.1. The monoisotopic (exact) mass is 1080 g/mol. The van der Waals surface area contributed by atoms with E-state index in [1.54, 1.807) is 0 Å². The van der Waals surface area contributed by atoms with E-state index in [0.29, 0.717) is 18.8 Å². The molecule has 4 aliphatic heterocycles. The number of fused-ring (bicyclic) bond motifs is 5. The maximum absolute atomic E-state index is 11.3. The van der Waals surface area contributed by atoms with E-state index in [9.17, 15) is 71.5 Å². The lowest BCUT2D eigenvalue weighted by atomic mass is 9.39. The van der Waals surface area contributed by atoms with Crippen molar-refractivity contribution in [2.45, 2.75) is 235 Å². The summed E-state index contributed by atoms with van der Waals surface area (Å²) in [5.74, 6) is 0.648. The van der Waals surface area contributed by atoms with Gasteiger partial charge in [0, 0.05) is 0 Å². The highest BCUT2D eigenvalue weighted by molar-refractivity contribution is 5.33. The van der Waals surface area contributed by atoms with E-state index < -0.39 is 155 Å². The highest BCUT2D eigenvalue weighted by Gasteiger charge is 2.66. The molecule has 0 spiro atoms.